The normalized spacial score (nSPS) is 20.9. The van der Waals surface area contributed by atoms with Gasteiger partial charge in [0.15, 0.2) is 9.84 Å². The van der Waals surface area contributed by atoms with Gasteiger partial charge in [0, 0.05) is 43.6 Å². The SMILES string of the molecule is C=C(NCc1ccc(S(=O)(=O)C2CCC(C(=O)N3CCCC3)CC2)cc1)Nc1ccncc1. The predicted octanol–water partition coefficient (Wildman–Crippen LogP) is 3.71. The van der Waals surface area contributed by atoms with E-state index in [4.69, 9.17) is 0 Å². The molecule has 1 saturated carbocycles. The van der Waals surface area contributed by atoms with E-state index in [0.29, 0.717) is 42.9 Å². The molecular weight excluding hydrogens is 436 g/mol. The van der Waals surface area contributed by atoms with Crippen LogP contribution in [0.5, 0.6) is 0 Å². The van der Waals surface area contributed by atoms with Gasteiger partial charge in [-0.15, -0.1) is 0 Å². The predicted molar refractivity (Wildman–Crippen MR) is 129 cm³/mol. The van der Waals surface area contributed by atoms with Crippen molar-refractivity contribution in [1.29, 1.82) is 0 Å². The highest BCUT2D eigenvalue weighted by molar-refractivity contribution is 7.92. The van der Waals surface area contributed by atoms with Gasteiger partial charge in [-0.25, -0.2) is 8.42 Å². The number of hydrogen-bond acceptors (Lipinski definition) is 6. The van der Waals surface area contributed by atoms with Gasteiger partial charge in [-0.05, 0) is 68.4 Å². The molecule has 2 aromatic rings. The number of anilines is 1. The number of sulfone groups is 1. The first-order chi connectivity index (χ1) is 15.9. The molecule has 33 heavy (non-hydrogen) atoms. The highest BCUT2D eigenvalue weighted by Gasteiger charge is 2.36. The Hall–Kier alpha value is -2.87. The third-order valence-corrected chi connectivity index (χ3v) is 8.89. The maximum Gasteiger partial charge on any atom is 0.225 e. The molecule has 0 bridgehead atoms. The number of pyridine rings is 1. The Labute approximate surface area is 196 Å². The molecule has 2 aliphatic rings. The Bertz CT molecular complexity index is 1060. The van der Waals surface area contributed by atoms with E-state index in [9.17, 15) is 13.2 Å². The zero-order valence-corrected chi connectivity index (χ0v) is 19.7. The summed E-state index contributed by atoms with van der Waals surface area (Å²) in [5.41, 5.74) is 1.85. The van der Waals surface area contributed by atoms with Crippen molar-refractivity contribution in [1.82, 2.24) is 15.2 Å². The lowest BCUT2D eigenvalue weighted by molar-refractivity contribution is -0.135. The number of nitrogens with one attached hydrogen (secondary N) is 2. The van der Waals surface area contributed by atoms with Crippen LogP contribution in [0.4, 0.5) is 5.69 Å². The summed E-state index contributed by atoms with van der Waals surface area (Å²) in [5, 5.41) is 5.94. The molecule has 1 aromatic heterocycles. The molecule has 0 radical (unpaired) electrons. The third kappa shape index (κ3) is 5.74. The Balaban J connectivity index is 1.28. The van der Waals surface area contributed by atoms with E-state index in [1.54, 1.807) is 24.5 Å². The molecule has 1 aromatic carbocycles. The van der Waals surface area contributed by atoms with Crippen LogP contribution in [0.3, 0.4) is 0 Å². The van der Waals surface area contributed by atoms with Gasteiger partial charge >= 0.3 is 0 Å². The Morgan fingerprint density at radius 2 is 1.64 bits per heavy atom. The van der Waals surface area contributed by atoms with Crippen LogP contribution in [0.25, 0.3) is 0 Å². The summed E-state index contributed by atoms with van der Waals surface area (Å²) in [6.07, 6.45) is 7.99. The van der Waals surface area contributed by atoms with Crippen LogP contribution >= 0.6 is 0 Å². The number of benzene rings is 1. The molecule has 0 atom stereocenters. The maximum atomic E-state index is 13.2. The second kappa shape index (κ2) is 10.4. The van der Waals surface area contributed by atoms with E-state index >= 15 is 0 Å². The lowest BCUT2D eigenvalue weighted by Crippen LogP contribution is -2.37. The van der Waals surface area contributed by atoms with Crippen LogP contribution < -0.4 is 10.6 Å². The summed E-state index contributed by atoms with van der Waals surface area (Å²) in [7, 11) is -3.40. The summed E-state index contributed by atoms with van der Waals surface area (Å²) in [6.45, 7) is 6.19. The molecule has 2 heterocycles. The van der Waals surface area contributed by atoms with E-state index in [-0.39, 0.29) is 11.8 Å². The molecule has 7 nitrogen and oxygen atoms in total. The minimum atomic E-state index is -3.40. The van der Waals surface area contributed by atoms with Crippen LogP contribution in [0.2, 0.25) is 0 Å². The molecule has 1 amide bonds. The van der Waals surface area contributed by atoms with Gasteiger partial charge in [0.05, 0.1) is 16.0 Å². The molecule has 4 rings (SSSR count). The molecule has 1 saturated heterocycles. The highest BCUT2D eigenvalue weighted by atomic mass is 32.2. The van der Waals surface area contributed by atoms with Crippen LogP contribution in [0, 0.1) is 5.92 Å². The Morgan fingerprint density at radius 3 is 2.27 bits per heavy atom. The first-order valence-corrected chi connectivity index (χ1v) is 13.2. The Morgan fingerprint density at radius 1 is 1.00 bits per heavy atom. The average Bonchev–Trinajstić information content (AvgIpc) is 3.38. The van der Waals surface area contributed by atoms with Crippen molar-refractivity contribution in [2.75, 3.05) is 18.4 Å². The summed E-state index contributed by atoms with van der Waals surface area (Å²) in [5.74, 6) is 0.857. The minimum absolute atomic E-state index is 0.0168. The summed E-state index contributed by atoms with van der Waals surface area (Å²) >= 11 is 0. The molecule has 0 unspecified atom stereocenters. The van der Waals surface area contributed by atoms with Gasteiger partial charge in [-0.2, -0.15) is 0 Å². The number of hydrogen-bond donors (Lipinski definition) is 2. The molecule has 0 spiro atoms. The number of carbonyl (C=O) groups excluding carboxylic acids is 1. The topological polar surface area (TPSA) is 91.4 Å². The Kier molecular flexibility index (Phi) is 7.33. The van der Waals surface area contributed by atoms with Crippen LogP contribution in [0.1, 0.15) is 44.1 Å². The van der Waals surface area contributed by atoms with Crippen LogP contribution in [-0.2, 0) is 21.2 Å². The van der Waals surface area contributed by atoms with Gasteiger partial charge in [-0.3, -0.25) is 9.78 Å². The number of nitrogens with zero attached hydrogens (tertiary/aromatic N) is 2. The fraction of sp³-hybridized carbons (Fsp3) is 0.440. The van der Waals surface area contributed by atoms with Gasteiger partial charge < -0.3 is 15.5 Å². The minimum Gasteiger partial charge on any atom is -0.368 e. The number of amides is 1. The van der Waals surface area contributed by atoms with E-state index in [1.165, 1.54) is 0 Å². The molecular formula is C25H32N4O3S. The lowest BCUT2D eigenvalue weighted by atomic mass is 9.88. The standard InChI is InChI=1S/C25H32N4O3S/c1-19(28-22-12-14-26-15-13-22)27-18-20-4-8-23(9-5-20)33(31,32)24-10-6-21(7-11-24)25(30)29-16-2-3-17-29/h4-5,8-9,12-15,21,24,27H,1-3,6-7,10-11,16-18H2,(H,26,28). The quantitative estimate of drug-likeness (QED) is 0.614. The van der Waals surface area contributed by atoms with Crippen molar-refractivity contribution in [3.05, 3.63) is 66.8 Å². The van der Waals surface area contributed by atoms with Crippen molar-refractivity contribution >= 4 is 21.4 Å². The van der Waals surface area contributed by atoms with Crippen molar-refractivity contribution in [2.45, 2.75) is 55.2 Å². The summed E-state index contributed by atoms with van der Waals surface area (Å²) in [6, 6.07) is 10.7. The molecule has 1 aliphatic carbocycles. The second-order valence-corrected chi connectivity index (χ2v) is 11.1. The molecule has 1 aliphatic heterocycles. The van der Waals surface area contributed by atoms with E-state index in [1.807, 2.05) is 29.2 Å². The van der Waals surface area contributed by atoms with Crippen LogP contribution in [-0.4, -0.2) is 42.5 Å². The largest absolute Gasteiger partial charge is 0.368 e. The van der Waals surface area contributed by atoms with Crippen molar-refractivity contribution in [3.63, 3.8) is 0 Å². The molecule has 8 heteroatoms. The van der Waals surface area contributed by atoms with E-state index < -0.39 is 15.1 Å². The van der Waals surface area contributed by atoms with Crippen molar-refractivity contribution in [3.8, 4) is 0 Å². The fourth-order valence-corrected chi connectivity index (χ4v) is 6.46. The van der Waals surface area contributed by atoms with Crippen molar-refractivity contribution < 1.29 is 13.2 Å². The zero-order chi connectivity index (χ0) is 23.3. The maximum absolute atomic E-state index is 13.2. The van der Waals surface area contributed by atoms with Gasteiger partial charge in [0.1, 0.15) is 0 Å². The monoisotopic (exact) mass is 468 g/mol. The number of aromatic nitrogens is 1. The first-order valence-electron chi connectivity index (χ1n) is 11.6. The van der Waals surface area contributed by atoms with E-state index in [2.05, 4.69) is 22.2 Å². The zero-order valence-electron chi connectivity index (χ0n) is 18.9. The summed E-state index contributed by atoms with van der Waals surface area (Å²) < 4.78 is 26.3. The van der Waals surface area contributed by atoms with Gasteiger partial charge in [-0.1, -0.05) is 18.7 Å². The van der Waals surface area contributed by atoms with Gasteiger partial charge in [0.2, 0.25) is 5.91 Å². The molecule has 176 valence electrons. The highest BCUT2D eigenvalue weighted by Crippen LogP contribution is 2.33. The number of rotatable bonds is 8. The molecule has 2 N–H and O–H groups in total. The van der Waals surface area contributed by atoms with E-state index in [0.717, 1.165) is 37.2 Å². The van der Waals surface area contributed by atoms with Gasteiger partial charge in [0.25, 0.3) is 0 Å². The smallest absolute Gasteiger partial charge is 0.225 e. The third-order valence-electron chi connectivity index (χ3n) is 6.61. The summed E-state index contributed by atoms with van der Waals surface area (Å²) in [4.78, 5) is 18.9. The molecule has 2 fully saturated rings. The average molecular weight is 469 g/mol. The number of carbonyl (C=O) groups is 1. The first kappa shape index (κ1) is 23.3. The van der Waals surface area contributed by atoms with Crippen LogP contribution in [0.15, 0.2) is 66.1 Å². The number of likely N-dealkylation sites (tertiary alicyclic amines) is 1. The second-order valence-electron chi connectivity index (χ2n) is 8.89. The fourth-order valence-electron chi connectivity index (χ4n) is 4.67. The van der Waals surface area contributed by atoms with Crippen molar-refractivity contribution in [2.24, 2.45) is 5.92 Å². The lowest BCUT2D eigenvalue weighted by Gasteiger charge is -2.30.